The average Bonchev–Trinajstić information content (AvgIpc) is 2.74. The molecule has 3 rings (SSSR count). The first-order valence-electron chi connectivity index (χ1n) is 9.76. The van der Waals surface area contributed by atoms with E-state index >= 15 is 0 Å². The maximum atomic E-state index is 13.0. The number of hydrogen-bond donors (Lipinski definition) is 3. The highest BCUT2D eigenvalue weighted by molar-refractivity contribution is 5.95. The number of aromatic nitrogens is 1. The smallest absolute Gasteiger partial charge is 0.322 e. The third-order valence-electron chi connectivity index (χ3n) is 4.51. The summed E-state index contributed by atoms with van der Waals surface area (Å²) in [5.41, 5.74) is 0.943. The second-order valence-electron chi connectivity index (χ2n) is 6.84. The molecule has 0 saturated heterocycles. The van der Waals surface area contributed by atoms with E-state index in [4.69, 9.17) is 9.84 Å². The minimum absolute atomic E-state index is 0.196. The molecule has 1 aromatic carbocycles. The second kappa shape index (κ2) is 10.2. The molecule has 0 aliphatic carbocycles. The zero-order valence-electron chi connectivity index (χ0n) is 16.5. The molecule has 2 heterocycles. The number of carbonyl (C=O) groups excluding carboxylic acids is 2. The van der Waals surface area contributed by atoms with E-state index in [0.29, 0.717) is 31.1 Å². The van der Waals surface area contributed by atoms with Crippen molar-refractivity contribution in [1.82, 2.24) is 15.2 Å². The summed E-state index contributed by atoms with van der Waals surface area (Å²) in [6.07, 6.45) is 2.29. The van der Waals surface area contributed by atoms with Crippen LogP contribution in [0, 0.1) is 0 Å². The molecular formula is C21H24N4O5. The Morgan fingerprint density at radius 2 is 1.97 bits per heavy atom. The predicted octanol–water partition coefficient (Wildman–Crippen LogP) is 2.03. The molecule has 0 saturated carbocycles. The topological polar surface area (TPSA) is 121 Å². The van der Waals surface area contributed by atoms with Crippen molar-refractivity contribution < 1.29 is 24.2 Å². The van der Waals surface area contributed by atoms with E-state index < -0.39 is 18.4 Å². The van der Waals surface area contributed by atoms with Gasteiger partial charge in [0.25, 0.3) is 5.91 Å². The van der Waals surface area contributed by atoms with Gasteiger partial charge in [-0.3, -0.25) is 14.4 Å². The van der Waals surface area contributed by atoms with Gasteiger partial charge in [0.15, 0.2) is 0 Å². The van der Waals surface area contributed by atoms with Crippen LogP contribution in [0.2, 0.25) is 0 Å². The van der Waals surface area contributed by atoms with Gasteiger partial charge in [-0.25, -0.2) is 4.98 Å². The van der Waals surface area contributed by atoms with Crippen molar-refractivity contribution in [1.29, 1.82) is 0 Å². The summed E-state index contributed by atoms with van der Waals surface area (Å²) in [5, 5.41) is 14.2. The van der Waals surface area contributed by atoms with Gasteiger partial charge >= 0.3 is 5.97 Å². The lowest BCUT2D eigenvalue weighted by Gasteiger charge is -2.22. The van der Waals surface area contributed by atoms with Crippen LogP contribution in [-0.4, -0.2) is 59.0 Å². The molecule has 0 atom stereocenters. The lowest BCUT2D eigenvalue weighted by molar-refractivity contribution is -0.138. The van der Waals surface area contributed by atoms with Gasteiger partial charge in [-0.15, -0.1) is 0 Å². The number of nitrogens with one attached hydrogen (secondary N) is 2. The molecule has 158 valence electrons. The monoisotopic (exact) mass is 412 g/mol. The summed E-state index contributed by atoms with van der Waals surface area (Å²) < 4.78 is 5.88. The van der Waals surface area contributed by atoms with Crippen LogP contribution in [0.3, 0.4) is 0 Å². The number of amides is 2. The summed E-state index contributed by atoms with van der Waals surface area (Å²) in [6.45, 7) is 0.161. The van der Waals surface area contributed by atoms with Crippen molar-refractivity contribution in [3.63, 3.8) is 0 Å². The Kier molecular flexibility index (Phi) is 7.20. The van der Waals surface area contributed by atoms with Crippen LogP contribution in [0.5, 0.6) is 5.75 Å². The zero-order valence-corrected chi connectivity index (χ0v) is 16.5. The molecule has 2 bridgehead atoms. The van der Waals surface area contributed by atoms with Gasteiger partial charge < -0.3 is 25.4 Å². The lowest BCUT2D eigenvalue weighted by Crippen LogP contribution is -2.42. The largest absolute Gasteiger partial charge is 0.491 e. The summed E-state index contributed by atoms with van der Waals surface area (Å²) >= 11 is 0. The third-order valence-corrected chi connectivity index (χ3v) is 4.51. The second-order valence-corrected chi connectivity index (χ2v) is 6.84. The number of anilines is 2. The molecule has 0 fully saturated rings. The van der Waals surface area contributed by atoms with Gasteiger partial charge in [0, 0.05) is 6.54 Å². The molecule has 0 radical (unpaired) electrons. The van der Waals surface area contributed by atoms with Gasteiger partial charge in [0.05, 0.1) is 18.8 Å². The van der Waals surface area contributed by atoms with E-state index in [9.17, 15) is 14.4 Å². The van der Waals surface area contributed by atoms with Crippen molar-refractivity contribution in [2.45, 2.75) is 19.3 Å². The van der Waals surface area contributed by atoms with Crippen LogP contribution in [-0.2, 0) is 9.59 Å². The average molecular weight is 412 g/mol. The number of nitrogens with zero attached hydrogens (tertiary/aromatic N) is 2. The van der Waals surface area contributed by atoms with Crippen LogP contribution in [0.1, 0.15) is 29.8 Å². The van der Waals surface area contributed by atoms with E-state index in [1.165, 1.54) is 4.90 Å². The molecule has 30 heavy (non-hydrogen) atoms. The zero-order chi connectivity index (χ0) is 21.3. The Morgan fingerprint density at radius 1 is 1.13 bits per heavy atom. The van der Waals surface area contributed by atoms with Crippen molar-refractivity contribution in [2.75, 3.05) is 31.6 Å². The number of carboxylic acid groups (broad SMARTS) is 1. The number of carbonyl (C=O) groups is 3. The number of para-hydroxylation sites is 2. The quantitative estimate of drug-likeness (QED) is 0.703. The minimum Gasteiger partial charge on any atom is -0.491 e. The van der Waals surface area contributed by atoms with E-state index in [0.717, 1.165) is 18.5 Å². The minimum atomic E-state index is -1.14. The van der Waals surface area contributed by atoms with Crippen LogP contribution in [0.25, 0.3) is 0 Å². The molecular weight excluding hydrogens is 388 g/mol. The summed E-state index contributed by atoms with van der Waals surface area (Å²) in [7, 11) is 0. The third kappa shape index (κ3) is 5.94. The van der Waals surface area contributed by atoms with Gasteiger partial charge in [0.2, 0.25) is 5.91 Å². The number of ether oxygens (including phenoxy) is 1. The van der Waals surface area contributed by atoms with E-state index in [2.05, 4.69) is 15.6 Å². The first kappa shape index (κ1) is 21.1. The van der Waals surface area contributed by atoms with Crippen molar-refractivity contribution >= 4 is 29.3 Å². The van der Waals surface area contributed by atoms with Gasteiger partial charge in [-0.05, 0) is 43.5 Å². The maximum absolute atomic E-state index is 13.0. The fraction of sp³-hybridized carbons (Fsp3) is 0.333. The normalized spacial score (nSPS) is 14.5. The molecule has 9 nitrogen and oxygen atoms in total. The van der Waals surface area contributed by atoms with Crippen molar-refractivity contribution in [2.24, 2.45) is 0 Å². The molecule has 1 aliphatic rings. The molecule has 1 aromatic heterocycles. The first-order valence-corrected chi connectivity index (χ1v) is 9.76. The van der Waals surface area contributed by atoms with Crippen LogP contribution in [0.15, 0.2) is 42.5 Å². The molecule has 2 amide bonds. The van der Waals surface area contributed by atoms with Crippen molar-refractivity contribution in [3.05, 3.63) is 48.2 Å². The number of fused-ring (bicyclic) bond motifs is 3. The summed E-state index contributed by atoms with van der Waals surface area (Å²) in [4.78, 5) is 41.5. The predicted molar refractivity (Wildman–Crippen MR) is 110 cm³/mol. The maximum Gasteiger partial charge on any atom is 0.322 e. The fourth-order valence-corrected chi connectivity index (χ4v) is 3.04. The molecule has 3 N–H and O–H groups in total. The highest BCUT2D eigenvalue weighted by atomic mass is 16.5. The number of rotatable bonds is 4. The Balaban J connectivity index is 1.82. The summed E-state index contributed by atoms with van der Waals surface area (Å²) in [6, 6.07) is 12.6. The Bertz CT molecular complexity index is 918. The van der Waals surface area contributed by atoms with E-state index in [1.54, 1.807) is 18.2 Å². The Hall–Kier alpha value is -3.62. The Morgan fingerprint density at radius 3 is 2.80 bits per heavy atom. The number of benzene rings is 1. The fourth-order valence-electron chi connectivity index (χ4n) is 3.04. The highest BCUT2D eigenvalue weighted by Crippen LogP contribution is 2.27. The molecule has 0 unspecified atom stereocenters. The number of aliphatic carboxylic acids is 1. The molecule has 0 spiro atoms. The Labute approximate surface area is 174 Å². The van der Waals surface area contributed by atoms with E-state index in [1.807, 2.05) is 24.3 Å². The number of carboxylic acids is 1. The van der Waals surface area contributed by atoms with Gasteiger partial charge in [-0.1, -0.05) is 18.2 Å². The van der Waals surface area contributed by atoms with Gasteiger partial charge in [-0.2, -0.15) is 0 Å². The van der Waals surface area contributed by atoms with Crippen LogP contribution < -0.4 is 15.4 Å². The van der Waals surface area contributed by atoms with Crippen molar-refractivity contribution in [3.8, 4) is 5.75 Å². The molecule has 9 heteroatoms. The SMILES string of the molecule is O=C(O)CNC(=O)CN1CCCCCOc2ccccc2Nc2cccc(n2)C1=O. The summed E-state index contributed by atoms with van der Waals surface area (Å²) in [5.74, 6) is -0.866. The molecule has 2 aromatic rings. The molecule has 1 aliphatic heterocycles. The standard InChI is InChI=1S/C21H24N4O5/c26-19(22-13-20(27)28)14-25-11-4-1-5-12-30-17-9-3-2-7-15(17)23-18-10-6-8-16(24-18)21(25)29/h2-3,6-10H,1,4-5,11-14H2,(H,22,26)(H,23,24)(H,27,28). The van der Waals surface area contributed by atoms with E-state index in [-0.39, 0.29) is 18.1 Å². The highest BCUT2D eigenvalue weighted by Gasteiger charge is 2.21. The van der Waals surface area contributed by atoms with Crippen LogP contribution in [0.4, 0.5) is 11.5 Å². The number of pyridine rings is 1. The number of hydrogen-bond acceptors (Lipinski definition) is 6. The first-order chi connectivity index (χ1) is 14.5. The van der Waals surface area contributed by atoms with Gasteiger partial charge in [0.1, 0.15) is 23.8 Å². The van der Waals surface area contributed by atoms with Crippen LogP contribution >= 0.6 is 0 Å². The lowest BCUT2D eigenvalue weighted by atomic mass is 10.2.